The van der Waals surface area contributed by atoms with E-state index >= 15 is 0 Å². The average molecular weight is 643 g/mol. The molecular weight excluding hydrogens is 613 g/mol. The molecule has 0 fully saturated rings. The lowest BCUT2D eigenvalue weighted by Gasteiger charge is -2.28. The number of aryl methyl sites for hydroxylation is 1. The van der Waals surface area contributed by atoms with Crippen LogP contribution < -0.4 is 4.90 Å². The molecule has 0 atom stereocenters. The Morgan fingerprint density at radius 1 is 0.500 bits per heavy atom. The van der Waals surface area contributed by atoms with Crippen molar-refractivity contribution in [1.29, 1.82) is 0 Å². The van der Waals surface area contributed by atoms with Crippen molar-refractivity contribution in [3.63, 3.8) is 0 Å². The van der Waals surface area contributed by atoms with E-state index in [9.17, 15) is 0 Å². The van der Waals surface area contributed by atoms with Crippen LogP contribution in [0.25, 0.3) is 77.2 Å². The van der Waals surface area contributed by atoms with Gasteiger partial charge in [-0.15, -0.1) is 0 Å². The lowest BCUT2D eigenvalue weighted by molar-refractivity contribution is 0.623. The zero-order chi connectivity index (χ0) is 33.2. The van der Waals surface area contributed by atoms with Crippen molar-refractivity contribution in [2.45, 2.75) is 6.92 Å². The molecule has 2 heterocycles. The minimum atomic E-state index is 0.627. The molecule has 0 aliphatic carbocycles. The third-order valence-electron chi connectivity index (χ3n) is 9.78. The van der Waals surface area contributed by atoms with Gasteiger partial charge in [-0.25, -0.2) is 4.98 Å². The number of para-hydroxylation sites is 2. The summed E-state index contributed by atoms with van der Waals surface area (Å²) in [5, 5.41) is 6.72. The first-order valence-electron chi connectivity index (χ1n) is 16.9. The fraction of sp³-hybridized carbons (Fsp3) is 0.0217. The van der Waals surface area contributed by atoms with Crippen molar-refractivity contribution in [3.8, 4) is 22.6 Å². The number of aromatic nitrogens is 1. The van der Waals surface area contributed by atoms with Crippen LogP contribution in [0.1, 0.15) is 5.56 Å². The molecule has 0 unspecified atom stereocenters. The van der Waals surface area contributed by atoms with Crippen LogP contribution >= 0.6 is 0 Å². The second kappa shape index (κ2) is 11.2. The molecule has 0 radical (unpaired) electrons. The van der Waals surface area contributed by atoms with Gasteiger partial charge in [0, 0.05) is 38.8 Å². The molecule has 0 saturated heterocycles. The molecule has 0 N–H and O–H groups in total. The molecule has 0 aliphatic rings. The number of oxazole rings is 1. The lowest BCUT2D eigenvalue weighted by atomic mass is 9.96. The summed E-state index contributed by atoms with van der Waals surface area (Å²) in [6.45, 7) is 2.20. The van der Waals surface area contributed by atoms with Gasteiger partial charge in [-0.2, -0.15) is 0 Å². The summed E-state index contributed by atoms with van der Waals surface area (Å²) >= 11 is 0. The van der Waals surface area contributed by atoms with E-state index in [1.165, 1.54) is 5.56 Å². The standard InChI is InChI=1S/C46H30N2O2/c1-29-27-33(36-16-10-18-42-44(36)37-15-8-9-17-41(37)49-42)23-26-40(29)48(34-13-6-3-7-14-34)35-24-21-30-19-20-31-22-25-39-45(43(31)38(30)28-35)50-46(47-39)32-11-4-2-5-12-32/h2-28H,1H3. The van der Waals surface area contributed by atoms with E-state index in [4.69, 9.17) is 13.8 Å². The first-order chi connectivity index (χ1) is 24.7. The van der Waals surface area contributed by atoms with Gasteiger partial charge in [0.25, 0.3) is 0 Å². The van der Waals surface area contributed by atoms with Crippen molar-refractivity contribution >= 4 is 71.6 Å². The minimum Gasteiger partial charge on any atom is -0.456 e. The van der Waals surface area contributed by atoms with Crippen LogP contribution in [-0.4, -0.2) is 4.98 Å². The Labute approximate surface area is 288 Å². The first-order valence-corrected chi connectivity index (χ1v) is 16.9. The topological polar surface area (TPSA) is 42.4 Å². The largest absolute Gasteiger partial charge is 0.456 e. The quantitative estimate of drug-likeness (QED) is 0.175. The Kier molecular flexibility index (Phi) is 6.36. The highest BCUT2D eigenvalue weighted by Gasteiger charge is 2.19. The van der Waals surface area contributed by atoms with Gasteiger partial charge in [0.15, 0.2) is 5.58 Å². The van der Waals surface area contributed by atoms with E-state index in [0.717, 1.165) is 88.3 Å². The second-order valence-corrected chi connectivity index (χ2v) is 12.8. The van der Waals surface area contributed by atoms with Gasteiger partial charge in [0.2, 0.25) is 5.89 Å². The van der Waals surface area contributed by atoms with Crippen LogP contribution in [0.3, 0.4) is 0 Å². The molecule has 0 bridgehead atoms. The summed E-state index contributed by atoms with van der Waals surface area (Å²) in [5.41, 5.74) is 11.2. The van der Waals surface area contributed by atoms with Crippen LogP contribution in [0.5, 0.6) is 0 Å². The zero-order valence-corrected chi connectivity index (χ0v) is 27.3. The van der Waals surface area contributed by atoms with Crippen LogP contribution in [0.4, 0.5) is 17.1 Å². The van der Waals surface area contributed by atoms with Crippen LogP contribution in [0.15, 0.2) is 173 Å². The van der Waals surface area contributed by atoms with E-state index in [1.807, 2.05) is 42.5 Å². The molecule has 2 aromatic heterocycles. The number of benzene rings is 8. The fourth-order valence-corrected chi connectivity index (χ4v) is 7.45. The molecule has 8 aromatic carbocycles. The number of anilines is 3. The van der Waals surface area contributed by atoms with Gasteiger partial charge >= 0.3 is 0 Å². The maximum Gasteiger partial charge on any atom is 0.227 e. The molecule has 50 heavy (non-hydrogen) atoms. The first kappa shape index (κ1) is 28.4. The highest BCUT2D eigenvalue weighted by atomic mass is 16.3. The summed E-state index contributed by atoms with van der Waals surface area (Å²) in [7, 11) is 0. The highest BCUT2D eigenvalue weighted by molar-refractivity contribution is 6.19. The van der Waals surface area contributed by atoms with Gasteiger partial charge in [-0.3, -0.25) is 0 Å². The van der Waals surface area contributed by atoms with E-state index < -0.39 is 0 Å². The summed E-state index contributed by atoms with van der Waals surface area (Å²) < 4.78 is 12.8. The predicted octanol–water partition coefficient (Wildman–Crippen LogP) is 13.1. The third kappa shape index (κ3) is 4.50. The van der Waals surface area contributed by atoms with Crippen molar-refractivity contribution in [2.24, 2.45) is 0 Å². The summed E-state index contributed by atoms with van der Waals surface area (Å²) in [6, 6.07) is 57.3. The van der Waals surface area contributed by atoms with Gasteiger partial charge in [0.1, 0.15) is 16.7 Å². The van der Waals surface area contributed by atoms with Gasteiger partial charge in [0.05, 0.1) is 0 Å². The molecule has 4 heteroatoms. The number of fused-ring (bicyclic) bond motifs is 8. The van der Waals surface area contributed by atoms with Gasteiger partial charge < -0.3 is 13.7 Å². The van der Waals surface area contributed by atoms with E-state index in [0.29, 0.717) is 5.89 Å². The lowest BCUT2D eigenvalue weighted by Crippen LogP contribution is -2.11. The second-order valence-electron chi connectivity index (χ2n) is 12.8. The zero-order valence-electron chi connectivity index (χ0n) is 27.3. The van der Waals surface area contributed by atoms with Crippen molar-refractivity contribution in [2.75, 3.05) is 4.90 Å². The Morgan fingerprint density at radius 2 is 1.24 bits per heavy atom. The van der Waals surface area contributed by atoms with E-state index in [1.54, 1.807) is 0 Å². The molecule has 0 amide bonds. The molecular formula is C46H30N2O2. The number of rotatable bonds is 5. The van der Waals surface area contributed by atoms with Crippen molar-refractivity contribution in [3.05, 3.63) is 169 Å². The van der Waals surface area contributed by atoms with Crippen LogP contribution in [0, 0.1) is 6.92 Å². The maximum atomic E-state index is 6.54. The third-order valence-corrected chi connectivity index (χ3v) is 9.78. The van der Waals surface area contributed by atoms with Gasteiger partial charge in [-0.1, -0.05) is 97.1 Å². The van der Waals surface area contributed by atoms with E-state index in [2.05, 4.69) is 133 Å². The number of nitrogens with zero attached hydrogens (tertiary/aromatic N) is 2. The molecule has 0 saturated carbocycles. The number of hydrogen-bond donors (Lipinski definition) is 0. The normalized spacial score (nSPS) is 11.7. The summed E-state index contributed by atoms with van der Waals surface area (Å²) in [5.74, 6) is 0.627. The maximum absolute atomic E-state index is 6.54. The van der Waals surface area contributed by atoms with Crippen LogP contribution in [-0.2, 0) is 0 Å². The monoisotopic (exact) mass is 642 g/mol. The molecule has 10 aromatic rings. The minimum absolute atomic E-state index is 0.627. The fourth-order valence-electron chi connectivity index (χ4n) is 7.45. The van der Waals surface area contributed by atoms with Gasteiger partial charge in [-0.05, 0) is 107 Å². The Morgan fingerprint density at radius 3 is 2.10 bits per heavy atom. The summed E-state index contributed by atoms with van der Waals surface area (Å²) in [4.78, 5) is 7.23. The predicted molar refractivity (Wildman–Crippen MR) is 207 cm³/mol. The SMILES string of the molecule is Cc1cc(-c2cccc3oc4ccccc4c23)ccc1N(c1ccccc1)c1ccc2ccc3ccc4nc(-c5ccccc5)oc4c3c2c1. The average Bonchev–Trinajstić information content (AvgIpc) is 3.78. The molecule has 0 spiro atoms. The van der Waals surface area contributed by atoms with E-state index in [-0.39, 0.29) is 0 Å². The van der Waals surface area contributed by atoms with Crippen LogP contribution in [0.2, 0.25) is 0 Å². The molecule has 0 aliphatic heterocycles. The Hall–Kier alpha value is -6.65. The Balaban J connectivity index is 1.15. The number of hydrogen-bond acceptors (Lipinski definition) is 4. The van der Waals surface area contributed by atoms with Crippen molar-refractivity contribution in [1.82, 2.24) is 4.98 Å². The van der Waals surface area contributed by atoms with Crippen molar-refractivity contribution < 1.29 is 8.83 Å². The highest BCUT2D eigenvalue weighted by Crippen LogP contribution is 2.43. The number of furan rings is 1. The molecule has 4 nitrogen and oxygen atoms in total. The smallest absolute Gasteiger partial charge is 0.227 e. The molecule has 236 valence electrons. The molecule has 10 rings (SSSR count). The Bertz CT molecular complexity index is 2890. The summed E-state index contributed by atoms with van der Waals surface area (Å²) in [6.07, 6.45) is 0.